The molecular formula is C13H12Cl2N4O2. The summed E-state index contributed by atoms with van der Waals surface area (Å²) in [5.74, 6) is 0.946. The molecule has 3 rings (SSSR count). The number of hydrogen-bond acceptors (Lipinski definition) is 5. The molecule has 1 atom stereocenters. The van der Waals surface area contributed by atoms with Crippen molar-refractivity contribution in [1.29, 1.82) is 0 Å². The van der Waals surface area contributed by atoms with Crippen LogP contribution in [0, 0.1) is 0 Å². The van der Waals surface area contributed by atoms with Crippen molar-refractivity contribution >= 4 is 29.1 Å². The van der Waals surface area contributed by atoms with Crippen molar-refractivity contribution in [1.82, 2.24) is 20.8 Å². The lowest BCUT2D eigenvalue weighted by Crippen LogP contribution is -2.47. The Bertz CT molecular complexity index is 664. The highest BCUT2D eigenvalue weighted by molar-refractivity contribution is 6.35. The Morgan fingerprint density at radius 2 is 2.24 bits per heavy atom. The van der Waals surface area contributed by atoms with E-state index in [-0.39, 0.29) is 18.5 Å². The minimum absolute atomic E-state index is 0.0427. The molecule has 0 aliphatic carbocycles. The zero-order valence-electron chi connectivity index (χ0n) is 10.9. The van der Waals surface area contributed by atoms with Gasteiger partial charge in [-0.05, 0) is 17.7 Å². The van der Waals surface area contributed by atoms with E-state index < -0.39 is 0 Å². The summed E-state index contributed by atoms with van der Waals surface area (Å²) in [6, 6.07) is 5.11. The SMILES string of the molecule is O=C1CNC(c2nc(Cc3ccc(Cl)cc3Cl)no2)CN1. The maximum atomic E-state index is 11.1. The summed E-state index contributed by atoms with van der Waals surface area (Å²) < 4.78 is 5.23. The van der Waals surface area contributed by atoms with Crippen molar-refractivity contribution in [2.75, 3.05) is 13.1 Å². The summed E-state index contributed by atoms with van der Waals surface area (Å²) in [7, 11) is 0. The van der Waals surface area contributed by atoms with Crippen LogP contribution in [-0.4, -0.2) is 29.1 Å². The average Bonchev–Trinajstić information content (AvgIpc) is 2.91. The number of nitrogens with zero attached hydrogens (tertiary/aromatic N) is 2. The monoisotopic (exact) mass is 326 g/mol. The van der Waals surface area contributed by atoms with E-state index in [2.05, 4.69) is 20.8 Å². The fraction of sp³-hybridized carbons (Fsp3) is 0.308. The maximum absolute atomic E-state index is 11.1. The molecule has 0 bridgehead atoms. The Morgan fingerprint density at radius 3 is 2.95 bits per heavy atom. The maximum Gasteiger partial charge on any atom is 0.245 e. The van der Waals surface area contributed by atoms with Crippen molar-refractivity contribution in [2.24, 2.45) is 0 Å². The quantitative estimate of drug-likeness (QED) is 0.897. The van der Waals surface area contributed by atoms with Gasteiger partial charge in [-0.25, -0.2) is 0 Å². The molecule has 0 saturated carbocycles. The molecule has 0 radical (unpaired) electrons. The third-order valence-corrected chi connectivity index (χ3v) is 3.74. The van der Waals surface area contributed by atoms with E-state index in [4.69, 9.17) is 27.7 Å². The van der Waals surface area contributed by atoms with Crippen LogP contribution in [0.2, 0.25) is 10.0 Å². The molecule has 1 aliphatic heterocycles. The molecule has 8 heteroatoms. The van der Waals surface area contributed by atoms with Gasteiger partial charge in [-0.1, -0.05) is 34.4 Å². The molecule has 1 unspecified atom stereocenters. The van der Waals surface area contributed by atoms with Gasteiger partial charge in [0.25, 0.3) is 0 Å². The van der Waals surface area contributed by atoms with Gasteiger partial charge in [0.1, 0.15) is 6.04 Å². The molecule has 110 valence electrons. The van der Waals surface area contributed by atoms with Crippen LogP contribution >= 0.6 is 23.2 Å². The topological polar surface area (TPSA) is 80.1 Å². The lowest BCUT2D eigenvalue weighted by Gasteiger charge is -2.20. The van der Waals surface area contributed by atoms with Crippen molar-refractivity contribution in [3.8, 4) is 0 Å². The Hall–Kier alpha value is -1.63. The molecule has 1 aromatic carbocycles. The number of hydrogen-bond donors (Lipinski definition) is 2. The third kappa shape index (κ3) is 3.34. The Morgan fingerprint density at radius 1 is 1.38 bits per heavy atom. The van der Waals surface area contributed by atoms with E-state index in [1.165, 1.54) is 0 Å². The average molecular weight is 327 g/mol. The van der Waals surface area contributed by atoms with Gasteiger partial charge in [-0.3, -0.25) is 10.1 Å². The van der Waals surface area contributed by atoms with Gasteiger partial charge in [0.15, 0.2) is 5.82 Å². The molecule has 1 saturated heterocycles. The number of aromatic nitrogens is 2. The van der Waals surface area contributed by atoms with E-state index in [1.54, 1.807) is 12.1 Å². The number of benzene rings is 1. The van der Waals surface area contributed by atoms with Crippen LogP contribution in [0.4, 0.5) is 0 Å². The first-order valence-electron chi connectivity index (χ1n) is 6.38. The van der Waals surface area contributed by atoms with Crippen molar-refractivity contribution in [2.45, 2.75) is 12.5 Å². The first-order chi connectivity index (χ1) is 10.1. The molecule has 1 amide bonds. The van der Waals surface area contributed by atoms with E-state index in [9.17, 15) is 4.79 Å². The first-order valence-corrected chi connectivity index (χ1v) is 7.14. The normalized spacial score (nSPS) is 18.6. The minimum atomic E-state index is -0.162. The third-order valence-electron chi connectivity index (χ3n) is 3.16. The fourth-order valence-corrected chi connectivity index (χ4v) is 2.53. The molecule has 21 heavy (non-hydrogen) atoms. The summed E-state index contributed by atoms with van der Waals surface area (Å²) in [5.41, 5.74) is 0.873. The molecular weight excluding hydrogens is 315 g/mol. The highest BCUT2D eigenvalue weighted by Crippen LogP contribution is 2.23. The molecule has 2 N–H and O–H groups in total. The summed E-state index contributed by atoms with van der Waals surface area (Å²) in [6.07, 6.45) is 0.457. The number of nitrogens with one attached hydrogen (secondary N) is 2. The molecule has 1 aliphatic rings. The predicted octanol–water partition coefficient (Wildman–Crippen LogP) is 1.73. The second-order valence-corrected chi connectivity index (χ2v) is 5.54. The van der Waals surface area contributed by atoms with Gasteiger partial charge in [0.2, 0.25) is 11.8 Å². The molecule has 0 spiro atoms. The van der Waals surface area contributed by atoms with Gasteiger partial charge >= 0.3 is 0 Å². The fourth-order valence-electron chi connectivity index (χ4n) is 2.06. The van der Waals surface area contributed by atoms with Gasteiger partial charge in [0.05, 0.1) is 6.54 Å². The van der Waals surface area contributed by atoms with Crippen molar-refractivity contribution < 1.29 is 9.32 Å². The number of piperazine rings is 1. The number of rotatable bonds is 3. The molecule has 2 heterocycles. The second kappa shape index (κ2) is 6.01. The largest absolute Gasteiger partial charge is 0.353 e. The first kappa shape index (κ1) is 14.3. The highest BCUT2D eigenvalue weighted by Gasteiger charge is 2.24. The van der Waals surface area contributed by atoms with Gasteiger partial charge in [-0.15, -0.1) is 0 Å². The zero-order valence-corrected chi connectivity index (χ0v) is 12.4. The molecule has 1 fully saturated rings. The Kier molecular flexibility index (Phi) is 4.10. The Balaban J connectivity index is 1.71. The van der Waals surface area contributed by atoms with Crippen molar-refractivity contribution in [3.63, 3.8) is 0 Å². The lowest BCUT2D eigenvalue weighted by molar-refractivity contribution is -0.121. The standard InChI is InChI=1S/C13H12Cl2N4O2/c14-8-2-1-7(9(15)4-8)3-11-18-13(21-19-11)10-5-17-12(20)6-16-10/h1-2,4,10,16H,3,5-6H2,(H,17,20). The number of carbonyl (C=O) groups is 1. The zero-order chi connectivity index (χ0) is 14.8. The highest BCUT2D eigenvalue weighted by atomic mass is 35.5. The van der Waals surface area contributed by atoms with Crippen LogP contribution in [0.5, 0.6) is 0 Å². The van der Waals surface area contributed by atoms with Crippen LogP contribution < -0.4 is 10.6 Å². The smallest absolute Gasteiger partial charge is 0.245 e. The number of amides is 1. The van der Waals surface area contributed by atoms with Crippen LogP contribution in [0.25, 0.3) is 0 Å². The Labute approximate surface area is 130 Å². The summed E-state index contributed by atoms with van der Waals surface area (Å²) in [4.78, 5) is 15.4. The second-order valence-electron chi connectivity index (χ2n) is 4.70. The number of halogens is 2. The summed E-state index contributed by atoms with van der Waals surface area (Å²) >= 11 is 12.0. The molecule has 2 aromatic rings. The van der Waals surface area contributed by atoms with Crippen LogP contribution in [0.1, 0.15) is 23.3 Å². The molecule has 6 nitrogen and oxygen atoms in total. The van der Waals surface area contributed by atoms with Crippen LogP contribution in [0.3, 0.4) is 0 Å². The van der Waals surface area contributed by atoms with Crippen molar-refractivity contribution in [3.05, 3.63) is 45.5 Å². The lowest BCUT2D eigenvalue weighted by atomic mass is 10.1. The predicted molar refractivity (Wildman–Crippen MR) is 77.3 cm³/mol. The number of carbonyl (C=O) groups excluding carboxylic acids is 1. The van der Waals surface area contributed by atoms with E-state index >= 15 is 0 Å². The van der Waals surface area contributed by atoms with E-state index in [0.29, 0.717) is 34.7 Å². The summed E-state index contributed by atoms with van der Waals surface area (Å²) in [5, 5.41) is 10.9. The van der Waals surface area contributed by atoms with Gasteiger partial charge < -0.3 is 9.84 Å². The van der Waals surface area contributed by atoms with E-state index in [1.807, 2.05) is 6.07 Å². The van der Waals surface area contributed by atoms with E-state index in [0.717, 1.165) is 5.56 Å². The summed E-state index contributed by atoms with van der Waals surface area (Å²) in [6.45, 7) is 0.674. The van der Waals surface area contributed by atoms with Crippen LogP contribution in [-0.2, 0) is 11.2 Å². The van der Waals surface area contributed by atoms with Crippen LogP contribution in [0.15, 0.2) is 22.7 Å². The molecule has 1 aromatic heterocycles. The van der Waals surface area contributed by atoms with Gasteiger partial charge in [0, 0.05) is 23.0 Å². The minimum Gasteiger partial charge on any atom is -0.353 e. The van der Waals surface area contributed by atoms with Gasteiger partial charge in [-0.2, -0.15) is 4.98 Å².